The van der Waals surface area contributed by atoms with E-state index in [0.29, 0.717) is 44.2 Å². The number of anilines is 1. The molecule has 0 saturated carbocycles. The van der Waals surface area contributed by atoms with Crippen molar-refractivity contribution < 1.29 is 18.0 Å². The quantitative estimate of drug-likeness (QED) is 0.886. The zero-order valence-electron chi connectivity index (χ0n) is 14.9. The minimum Gasteiger partial charge on any atom is -0.368 e. The highest BCUT2D eigenvalue weighted by atomic mass is 19.4. The lowest BCUT2D eigenvalue weighted by atomic mass is 9.93. The Balaban J connectivity index is 1.48. The van der Waals surface area contributed by atoms with E-state index in [0.717, 1.165) is 38.4 Å². The van der Waals surface area contributed by atoms with Crippen LogP contribution in [0.3, 0.4) is 0 Å². The van der Waals surface area contributed by atoms with Crippen LogP contribution >= 0.6 is 0 Å². The summed E-state index contributed by atoms with van der Waals surface area (Å²) >= 11 is 0. The van der Waals surface area contributed by atoms with Crippen LogP contribution in [0.4, 0.5) is 18.9 Å². The van der Waals surface area contributed by atoms with Crippen LogP contribution in [0.25, 0.3) is 0 Å². The van der Waals surface area contributed by atoms with Crippen LogP contribution in [0.2, 0.25) is 0 Å². The predicted octanol–water partition coefficient (Wildman–Crippen LogP) is 3.13. The number of amides is 1. The highest BCUT2D eigenvalue weighted by molar-refractivity contribution is 5.76. The number of benzene rings is 1. The molecule has 0 aromatic heterocycles. The van der Waals surface area contributed by atoms with Gasteiger partial charge in [-0.25, -0.2) is 0 Å². The first kappa shape index (κ1) is 19.0. The molecule has 0 spiro atoms. The van der Waals surface area contributed by atoms with Crippen molar-refractivity contribution in [2.45, 2.75) is 31.9 Å². The van der Waals surface area contributed by atoms with Gasteiger partial charge in [-0.15, -0.1) is 0 Å². The molecule has 2 heterocycles. The zero-order valence-corrected chi connectivity index (χ0v) is 14.9. The Labute approximate surface area is 152 Å². The van der Waals surface area contributed by atoms with Crippen molar-refractivity contribution in [1.29, 1.82) is 0 Å². The Morgan fingerprint density at radius 3 is 2.46 bits per heavy atom. The maximum absolute atomic E-state index is 12.9. The van der Waals surface area contributed by atoms with E-state index in [2.05, 4.69) is 5.32 Å². The van der Waals surface area contributed by atoms with Gasteiger partial charge in [-0.3, -0.25) is 4.79 Å². The van der Waals surface area contributed by atoms with Gasteiger partial charge in [0.05, 0.1) is 5.56 Å². The second-order valence-corrected chi connectivity index (χ2v) is 7.15. The van der Waals surface area contributed by atoms with Crippen molar-refractivity contribution in [2.75, 3.05) is 44.2 Å². The van der Waals surface area contributed by atoms with Crippen LogP contribution in [0.5, 0.6) is 0 Å². The molecule has 3 rings (SSSR count). The average Bonchev–Trinajstić information content (AvgIpc) is 2.66. The molecule has 2 fully saturated rings. The third kappa shape index (κ3) is 4.90. The first-order valence-electron chi connectivity index (χ1n) is 9.34. The SMILES string of the molecule is O=C(CCC1CCNCC1)N1CCN(c2cccc(C(F)(F)F)c2)CC1. The van der Waals surface area contributed by atoms with Gasteiger partial charge in [0.15, 0.2) is 0 Å². The zero-order chi connectivity index (χ0) is 18.6. The minimum atomic E-state index is -4.33. The molecule has 1 N–H and O–H groups in total. The molecule has 1 aromatic carbocycles. The molecule has 0 aliphatic carbocycles. The summed E-state index contributed by atoms with van der Waals surface area (Å²) in [4.78, 5) is 16.2. The second-order valence-electron chi connectivity index (χ2n) is 7.15. The predicted molar refractivity (Wildman–Crippen MR) is 95.1 cm³/mol. The first-order chi connectivity index (χ1) is 12.4. The maximum Gasteiger partial charge on any atom is 0.416 e. The molecule has 0 bridgehead atoms. The maximum atomic E-state index is 12.9. The van der Waals surface area contributed by atoms with Gasteiger partial charge in [0.2, 0.25) is 5.91 Å². The van der Waals surface area contributed by atoms with Gasteiger partial charge in [0.1, 0.15) is 0 Å². The number of carbonyl (C=O) groups excluding carboxylic acids is 1. The van der Waals surface area contributed by atoms with Crippen molar-refractivity contribution in [3.05, 3.63) is 29.8 Å². The molecule has 4 nitrogen and oxygen atoms in total. The summed E-state index contributed by atoms with van der Waals surface area (Å²) in [6.45, 7) is 4.35. The van der Waals surface area contributed by atoms with Gasteiger partial charge in [0.25, 0.3) is 0 Å². The molecule has 1 amide bonds. The van der Waals surface area contributed by atoms with Crippen LogP contribution in [-0.2, 0) is 11.0 Å². The lowest BCUT2D eigenvalue weighted by Crippen LogP contribution is -2.48. The monoisotopic (exact) mass is 369 g/mol. The third-order valence-corrected chi connectivity index (χ3v) is 5.40. The molecule has 0 radical (unpaired) electrons. The smallest absolute Gasteiger partial charge is 0.368 e. The van der Waals surface area contributed by atoms with Crippen molar-refractivity contribution in [2.24, 2.45) is 5.92 Å². The van der Waals surface area contributed by atoms with Crippen LogP contribution in [0.15, 0.2) is 24.3 Å². The van der Waals surface area contributed by atoms with E-state index in [4.69, 9.17) is 0 Å². The number of hydrogen-bond acceptors (Lipinski definition) is 3. The van der Waals surface area contributed by atoms with Crippen molar-refractivity contribution in [1.82, 2.24) is 10.2 Å². The van der Waals surface area contributed by atoms with Gasteiger partial charge in [-0.2, -0.15) is 13.2 Å². The van der Waals surface area contributed by atoms with Crippen molar-refractivity contribution in [3.8, 4) is 0 Å². The summed E-state index contributed by atoms with van der Waals surface area (Å²) in [5, 5.41) is 3.33. The molecule has 2 aliphatic heterocycles. The van der Waals surface area contributed by atoms with E-state index in [-0.39, 0.29) is 5.91 Å². The normalized spacial score (nSPS) is 19.7. The van der Waals surface area contributed by atoms with Gasteiger partial charge >= 0.3 is 6.18 Å². The summed E-state index contributed by atoms with van der Waals surface area (Å²) in [7, 11) is 0. The van der Waals surface area contributed by atoms with Gasteiger partial charge < -0.3 is 15.1 Å². The highest BCUT2D eigenvalue weighted by Gasteiger charge is 2.31. The van der Waals surface area contributed by atoms with E-state index >= 15 is 0 Å². The fourth-order valence-electron chi connectivity index (χ4n) is 3.75. The number of piperidine rings is 1. The number of halogens is 3. The Kier molecular flexibility index (Phi) is 6.06. The number of alkyl halides is 3. The molecule has 0 unspecified atom stereocenters. The van der Waals surface area contributed by atoms with E-state index in [1.807, 2.05) is 9.80 Å². The van der Waals surface area contributed by atoms with Crippen LogP contribution < -0.4 is 10.2 Å². The highest BCUT2D eigenvalue weighted by Crippen LogP contribution is 2.32. The average molecular weight is 369 g/mol. The molecular weight excluding hydrogens is 343 g/mol. The Morgan fingerprint density at radius 2 is 1.81 bits per heavy atom. The molecule has 7 heteroatoms. The standard InChI is InChI=1S/C19H26F3N3O/c20-19(21,22)16-2-1-3-17(14-16)24-10-12-25(13-11-24)18(26)5-4-15-6-8-23-9-7-15/h1-3,14-15,23H,4-13H2. The van der Waals surface area contributed by atoms with E-state index < -0.39 is 11.7 Å². The number of piperazine rings is 1. The topological polar surface area (TPSA) is 35.6 Å². The van der Waals surface area contributed by atoms with Gasteiger partial charge in [0, 0.05) is 38.3 Å². The number of hydrogen-bond donors (Lipinski definition) is 1. The number of rotatable bonds is 4. The Bertz CT molecular complexity index is 606. The molecule has 1 aromatic rings. The number of carbonyl (C=O) groups is 1. The minimum absolute atomic E-state index is 0.173. The van der Waals surface area contributed by atoms with Crippen LogP contribution in [0.1, 0.15) is 31.2 Å². The van der Waals surface area contributed by atoms with E-state index in [1.54, 1.807) is 6.07 Å². The van der Waals surface area contributed by atoms with Crippen molar-refractivity contribution >= 4 is 11.6 Å². The lowest BCUT2D eigenvalue weighted by Gasteiger charge is -2.36. The first-order valence-corrected chi connectivity index (χ1v) is 9.34. The third-order valence-electron chi connectivity index (χ3n) is 5.40. The number of nitrogens with zero attached hydrogens (tertiary/aromatic N) is 2. The molecular formula is C19H26F3N3O. The fraction of sp³-hybridized carbons (Fsp3) is 0.632. The summed E-state index contributed by atoms with van der Waals surface area (Å²) in [5.41, 5.74) is -0.0582. The second kappa shape index (κ2) is 8.29. The Hall–Kier alpha value is -1.76. The molecule has 26 heavy (non-hydrogen) atoms. The van der Waals surface area contributed by atoms with Crippen LogP contribution in [0, 0.1) is 5.92 Å². The summed E-state index contributed by atoms with van der Waals surface area (Å²) in [6, 6.07) is 5.41. The molecule has 144 valence electrons. The fourth-order valence-corrected chi connectivity index (χ4v) is 3.75. The lowest BCUT2D eigenvalue weighted by molar-refractivity contribution is -0.137. The number of nitrogens with one attached hydrogen (secondary N) is 1. The summed E-state index contributed by atoms with van der Waals surface area (Å²) in [6.07, 6.45) is -0.543. The molecule has 0 atom stereocenters. The molecule has 2 aliphatic rings. The van der Waals surface area contributed by atoms with Crippen LogP contribution in [-0.4, -0.2) is 50.1 Å². The Morgan fingerprint density at radius 1 is 1.12 bits per heavy atom. The van der Waals surface area contributed by atoms with Crippen molar-refractivity contribution in [3.63, 3.8) is 0 Å². The van der Waals surface area contributed by atoms with E-state index in [1.165, 1.54) is 12.1 Å². The largest absolute Gasteiger partial charge is 0.416 e. The van der Waals surface area contributed by atoms with Gasteiger partial charge in [-0.1, -0.05) is 6.07 Å². The summed E-state index contributed by atoms with van der Waals surface area (Å²) < 4.78 is 38.6. The summed E-state index contributed by atoms with van der Waals surface area (Å²) in [5.74, 6) is 0.804. The van der Waals surface area contributed by atoms with E-state index in [9.17, 15) is 18.0 Å². The van der Waals surface area contributed by atoms with Gasteiger partial charge in [-0.05, 0) is 56.5 Å². The molecule has 2 saturated heterocycles.